The molecule has 1 rings (SSSR count). The zero-order valence-electron chi connectivity index (χ0n) is 9.85. The summed E-state index contributed by atoms with van der Waals surface area (Å²) in [5.74, 6) is -1.71. The molecule has 0 aliphatic heterocycles. The van der Waals surface area contributed by atoms with E-state index in [1.54, 1.807) is 13.8 Å². The third kappa shape index (κ3) is 3.31. The monoisotopic (exact) mass is 261 g/mol. The molecule has 7 heteroatoms. The van der Waals surface area contributed by atoms with E-state index in [1.165, 1.54) is 0 Å². The molecule has 96 valence electrons. The third-order valence-corrected chi connectivity index (χ3v) is 3.92. The van der Waals surface area contributed by atoms with Gasteiger partial charge in [0.05, 0.1) is 0 Å². The molecule has 2 N–H and O–H groups in total. The first-order chi connectivity index (χ1) is 7.68. The van der Waals surface area contributed by atoms with Gasteiger partial charge in [0.25, 0.3) is 10.0 Å². The van der Waals surface area contributed by atoms with Crippen molar-refractivity contribution in [1.29, 1.82) is 0 Å². The van der Waals surface area contributed by atoms with Crippen molar-refractivity contribution in [3.05, 3.63) is 17.9 Å². The fraction of sp³-hybridized carbons (Fsp3) is 0.500. The molecular formula is C10H15NO5S. The molecule has 0 radical (unpaired) electrons. The normalized spacial score (nSPS) is 12.6. The van der Waals surface area contributed by atoms with Crippen LogP contribution in [0.15, 0.2) is 21.6 Å². The Morgan fingerprint density at radius 3 is 2.47 bits per heavy atom. The molecule has 1 aromatic heterocycles. The van der Waals surface area contributed by atoms with Crippen LogP contribution in [0.2, 0.25) is 0 Å². The van der Waals surface area contributed by atoms with Crippen molar-refractivity contribution in [3.63, 3.8) is 0 Å². The van der Waals surface area contributed by atoms with Gasteiger partial charge in [-0.25, -0.2) is 17.9 Å². The van der Waals surface area contributed by atoms with Crippen molar-refractivity contribution < 1.29 is 22.7 Å². The minimum Gasteiger partial charge on any atom is -0.475 e. The molecule has 0 aliphatic rings. The first kappa shape index (κ1) is 13.7. The van der Waals surface area contributed by atoms with Gasteiger partial charge < -0.3 is 9.52 Å². The summed E-state index contributed by atoms with van der Waals surface area (Å²) in [7, 11) is -3.82. The summed E-state index contributed by atoms with van der Waals surface area (Å²) < 4.78 is 30.9. The van der Waals surface area contributed by atoms with Crippen molar-refractivity contribution in [1.82, 2.24) is 4.72 Å². The average Bonchev–Trinajstić information content (AvgIpc) is 2.65. The van der Waals surface area contributed by atoms with Gasteiger partial charge >= 0.3 is 5.97 Å². The van der Waals surface area contributed by atoms with Crippen molar-refractivity contribution in [2.45, 2.75) is 37.8 Å². The first-order valence-electron chi connectivity index (χ1n) is 5.05. The van der Waals surface area contributed by atoms with E-state index in [0.29, 0.717) is 6.42 Å². The van der Waals surface area contributed by atoms with Crippen LogP contribution in [0.25, 0.3) is 0 Å². The lowest BCUT2D eigenvalue weighted by molar-refractivity contribution is 0.0656. The van der Waals surface area contributed by atoms with Gasteiger partial charge in [-0.1, -0.05) is 6.92 Å². The van der Waals surface area contributed by atoms with E-state index >= 15 is 0 Å². The lowest BCUT2D eigenvalue weighted by Gasteiger charge is -2.23. The van der Waals surface area contributed by atoms with Crippen LogP contribution in [-0.2, 0) is 10.0 Å². The second-order valence-corrected chi connectivity index (χ2v) is 5.88. The number of nitrogens with one attached hydrogen (secondary N) is 1. The Balaban J connectivity index is 3.02. The van der Waals surface area contributed by atoms with Gasteiger partial charge in [0.2, 0.25) is 10.9 Å². The van der Waals surface area contributed by atoms with Crippen LogP contribution in [0.1, 0.15) is 37.7 Å². The minimum atomic E-state index is -3.82. The van der Waals surface area contributed by atoms with Gasteiger partial charge in [0.15, 0.2) is 0 Å². The molecule has 0 bridgehead atoms. The number of sulfonamides is 1. The smallest absolute Gasteiger partial charge is 0.371 e. The number of rotatable bonds is 5. The van der Waals surface area contributed by atoms with Crippen molar-refractivity contribution in [3.8, 4) is 0 Å². The number of aromatic carboxylic acids is 1. The lowest BCUT2D eigenvalue weighted by Crippen LogP contribution is -2.42. The third-order valence-electron chi connectivity index (χ3n) is 2.35. The summed E-state index contributed by atoms with van der Waals surface area (Å²) in [5.41, 5.74) is -0.616. The maximum atomic E-state index is 11.8. The van der Waals surface area contributed by atoms with Crippen molar-refractivity contribution in [2.75, 3.05) is 0 Å². The summed E-state index contributed by atoms with van der Waals surface area (Å²) in [4.78, 5) is 10.6. The van der Waals surface area contributed by atoms with Crippen LogP contribution < -0.4 is 4.72 Å². The molecule has 0 aromatic carbocycles. The molecule has 1 aromatic rings. The summed E-state index contributed by atoms with van der Waals surface area (Å²) >= 11 is 0. The van der Waals surface area contributed by atoms with Crippen LogP contribution in [-0.4, -0.2) is 25.0 Å². The van der Waals surface area contributed by atoms with Crippen LogP contribution in [0.3, 0.4) is 0 Å². The van der Waals surface area contributed by atoms with Crippen LogP contribution in [0, 0.1) is 0 Å². The number of furan rings is 1. The van der Waals surface area contributed by atoms with Crippen LogP contribution >= 0.6 is 0 Å². The Hall–Kier alpha value is -1.34. The number of carbonyl (C=O) groups is 1. The summed E-state index contributed by atoms with van der Waals surface area (Å²) in [6, 6.07) is 2.23. The van der Waals surface area contributed by atoms with E-state index in [9.17, 15) is 13.2 Å². The molecular weight excluding hydrogens is 246 g/mol. The molecule has 0 unspecified atom stereocenters. The van der Waals surface area contributed by atoms with E-state index in [-0.39, 0.29) is 0 Å². The Morgan fingerprint density at radius 2 is 2.06 bits per heavy atom. The lowest BCUT2D eigenvalue weighted by atomic mass is 10.0. The van der Waals surface area contributed by atoms with E-state index in [1.807, 2.05) is 6.92 Å². The number of hydrogen-bond acceptors (Lipinski definition) is 4. The molecule has 0 spiro atoms. The molecule has 0 fully saturated rings. The predicted octanol–water partition coefficient (Wildman–Crippen LogP) is 1.44. The van der Waals surface area contributed by atoms with E-state index < -0.39 is 32.4 Å². The zero-order chi connectivity index (χ0) is 13.3. The van der Waals surface area contributed by atoms with Gasteiger partial charge in [-0.3, -0.25) is 0 Å². The van der Waals surface area contributed by atoms with Gasteiger partial charge in [0, 0.05) is 5.54 Å². The standard InChI is InChI=1S/C10H15NO5S/c1-4-10(2,3)11-17(14,15)8-6-5-7(16-8)9(12)13/h5-6,11H,4H2,1-3H3,(H,12,13). The summed E-state index contributed by atoms with van der Waals surface area (Å²) in [5, 5.41) is 8.24. The van der Waals surface area contributed by atoms with Gasteiger partial charge in [-0.2, -0.15) is 0 Å². The van der Waals surface area contributed by atoms with E-state index in [2.05, 4.69) is 4.72 Å². The Bertz CT molecular complexity index is 515. The highest BCUT2D eigenvalue weighted by molar-refractivity contribution is 7.89. The summed E-state index contributed by atoms with van der Waals surface area (Å²) in [6.45, 7) is 5.30. The maximum Gasteiger partial charge on any atom is 0.371 e. The Kier molecular flexibility index (Phi) is 3.63. The molecule has 0 amide bonds. The molecule has 17 heavy (non-hydrogen) atoms. The SMILES string of the molecule is CCC(C)(C)NS(=O)(=O)c1ccc(C(=O)O)o1. The zero-order valence-corrected chi connectivity index (χ0v) is 10.7. The second-order valence-electron chi connectivity index (χ2n) is 4.27. The fourth-order valence-corrected chi connectivity index (χ4v) is 2.48. The number of carboxylic acids is 1. The highest BCUT2D eigenvalue weighted by Gasteiger charge is 2.27. The van der Waals surface area contributed by atoms with Gasteiger partial charge in [-0.05, 0) is 32.4 Å². The largest absolute Gasteiger partial charge is 0.475 e. The van der Waals surface area contributed by atoms with Crippen molar-refractivity contribution >= 4 is 16.0 Å². The molecule has 1 heterocycles. The molecule has 0 saturated carbocycles. The molecule has 0 aliphatic carbocycles. The van der Waals surface area contributed by atoms with Gasteiger partial charge in [-0.15, -0.1) is 0 Å². The quantitative estimate of drug-likeness (QED) is 0.836. The highest BCUT2D eigenvalue weighted by atomic mass is 32.2. The van der Waals surface area contributed by atoms with Crippen LogP contribution in [0.5, 0.6) is 0 Å². The highest BCUT2D eigenvalue weighted by Crippen LogP contribution is 2.17. The maximum absolute atomic E-state index is 11.8. The van der Waals surface area contributed by atoms with E-state index in [0.717, 1.165) is 12.1 Å². The second kappa shape index (κ2) is 4.50. The molecule has 0 atom stereocenters. The molecule has 6 nitrogen and oxygen atoms in total. The fourth-order valence-electron chi connectivity index (χ4n) is 1.07. The average molecular weight is 261 g/mol. The van der Waals surface area contributed by atoms with Gasteiger partial charge in [0.1, 0.15) is 0 Å². The number of carboxylic acid groups (broad SMARTS) is 1. The summed E-state index contributed by atoms with van der Waals surface area (Å²) in [6.07, 6.45) is 0.596. The first-order valence-corrected chi connectivity index (χ1v) is 6.53. The predicted molar refractivity (Wildman–Crippen MR) is 60.4 cm³/mol. The Labute approximate surface area is 99.7 Å². The Morgan fingerprint density at radius 1 is 1.47 bits per heavy atom. The van der Waals surface area contributed by atoms with Crippen LogP contribution in [0.4, 0.5) is 0 Å². The number of hydrogen-bond donors (Lipinski definition) is 2. The topological polar surface area (TPSA) is 96.6 Å². The van der Waals surface area contributed by atoms with E-state index in [4.69, 9.17) is 9.52 Å². The minimum absolute atomic E-state index is 0.392. The molecule has 0 saturated heterocycles. The van der Waals surface area contributed by atoms with Crippen molar-refractivity contribution in [2.24, 2.45) is 0 Å².